The number of nitrogens with zero attached hydrogens (tertiary/aromatic N) is 3. The monoisotopic (exact) mass is 437 g/mol. The predicted octanol–water partition coefficient (Wildman–Crippen LogP) is 4.13. The summed E-state index contributed by atoms with van der Waals surface area (Å²) in [5.74, 6) is 0.00716. The van der Waals surface area contributed by atoms with Crippen LogP contribution < -0.4 is 15.4 Å². The molecule has 0 saturated heterocycles. The Balaban J connectivity index is 1.95. The lowest BCUT2D eigenvalue weighted by Crippen LogP contribution is -2.18. The van der Waals surface area contributed by atoms with Gasteiger partial charge in [0.1, 0.15) is 5.69 Å². The first kappa shape index (κ1) is 23.4. The minimum Gasteiger partial charge on any atom is -0.490 e. The second-order valence-electron chi connectivity index (χ2n) is 6.17. The predicted molar refractivity (Wildman–Crippen MR) is 104 cm³/mol. The molecule has 0 fully saturated rings. The molecule has 1 amide bonds. The molecule has 2 N–H and O–H groups in total. The number of anilines is 2. The third-order valence-corrected chi connectivity index (χ3v) is 3.91. The van der Waals surface area contributed by atoms with E-state index in [9.17, 15) is 28.1 Å². The highest BCUT2D eigenvalue weighted by Gasteiger charge is 2.33. The highest BCUT2D eigenvalue weighted by atomic mass is 19.4. The van der Waals surface area contributed by atoms with E-state index in [0.29, 0.717) is 24.7 Å². The van der Waals surface area contributed by atoms with E-state index < -0.39 is 28.3 Å². The molecule has 1 aromatic heterocycles. The summed E-state index contributed by atoms with van der Waals surface area (Å²) in [6, 6.07) is 7.30. The molecule has 0 saturated carbocycles. The van der Waals surface area contributed by atoms with E-state index in [4.69, 9.17) is 10.00 Å². The maximum absolute atomic E-state index is 12.8. The minimum atomic E-state index is -4.71. The number of amides is 1. The zero-order valence-electron chi connectivity index (χ0n) is 16.1. The molecule has 2 aromatic rings. The lowest BCUT2D eigenvalue weighted by atomic mass is 10.1. The number of nitriles is 1. The van der Waals surface area contributed by atoms with Gasteiger partial charge in [-0.05, 0) is 30.7 Å². The Morgan fingerprint density at radius 1 is 1.32 bits per heavy atom. The summed E-state index contributed by atoms with van der Waals surface area (Å²) in [6.45, 7) is 0.199. The van der Waals surface area contributed by atoms with Crippen molar-refractivity contribution in [2.45, 2.75) is 25.4 Å². The van der Waals surface area contributed by atoms with Crippen molar-refractivity contribution in [1.82, 2.24) is 4.98 Å². The van der Waals surface area contributed by atoms with Crippen molar-refractivity contribution in [1.29, 1.82) is 5.26 Å². The van der Waals surface area contributed by atoms with Gasteiger partial charge in [0.15, 0.2) is 11.6 Å². The Labute approximate surface area is 175 Å². The number of alkyl halides is 3. The van der Waals surface area contributed by atoms with E-state index in [1.165, 1.54) is 6.20 Å². The Bertz CT molecular complexity index is 976. The maximum atomic E-state index is 12.8. The molecule has 12 heteroatoms. The fourth-order valence-electron chi connectivity index (χ4n) is 2.45. The van der Waals surface area contributed by atoms with Gasteiger partial charge >= 0.3 is 6.18 Å². The highest BCUT2D eigenvalue weighted by molar-refractivity contribution is 5.91. The van der Waals surface area contributed by atoms with Crippen molar-refractivity contribution < 1.29 is 27.6 Å². The van der Waals surface area contributed by atoms with Crippen LogP contribution in [0.5, 0.6) is 5.75 Å². The molecule has 0 aliphatic heterocycles. The normalized spacial score (nSPS) is 10.8. The first-order valence-corrected chi connectivity index (χ1v) is 9.06. The third-order valence-electron chi connectivity index (χ3n) is 3.91. The number of halogens is 3. The number of carbonyl (C=O) groups excluding carboxylic acids is 1. The molecule has 31 heavy (non-hydrogen) atoms. The van der Waals surface area contributed by atoms with Gasteiger partial charge in [0.05, 0.1) is 23.2 Å². The maximum Gasteiger partial charge on any atom is 0.416 e. The lowest BCUT2D eigenvalue weighted by Gasteiger charge is -2.12. The number of unbranched alkanes of at least 4 members (excludes halogenated alkanes) is 1. The van der Waals surface area contributed by atoms with Crippen LogP contribution >= 0.6 is 0 Å². The van der Waals surface area contributed by atoms with Crippen molar-refractivity contribution in [3.05, 3.63) is 52.2 Å². The number of ether oxygens (including phenoxy) is 1. The number of nitrogens with one attached hydrogen (secondary N) is 2. The second kappa shape index (κ2) is 10.8. The molecule has 1 aromatic carbocycles. The third kappa shape index (κ3) is 7.14. The number of nitro benzene ring substituents is 1. The summed E-state index contributed by atoms with van der Waals surface area (Å²) < 4.78 is 43.7. The van der Waals surface area contributed by atoms with Crippen LogP contribution in [0, 0.1) is 21.4 Å². The number of rotatable bonds is 10. The Morgan fingerprint density at radius 2 is 2.10 bits per heavy atom. The highest BCUT2D eigenvalue weighted by Crippen LogP contribution is 2.34. The fourth-order valence-corrected chi connectivity index (χ4v) is 2.45. The minimum absolute atomic E-state index is 0.0662. The van der Waals surface area contributed by atoms with Crippen molar-refractivity contribution >= 4 is 23.1 Å². The quantitative estimate of drug-likeness (QED) is 0.325. The van der Waals surface area contributed by atoms with Gasteiger partial charge in [-0.25, -0.2) is 4.98 Å². The van der Waals surface area contributed by atoms with Crippen LogP contribution in [0.4, 0.5) is 30.4 Å². The Hall–Kier alpha value is -3.88. The molecule has 0 aliphatic carbocycles. The average molecular weight is 437 g/mol. The molecule has 2 rings (SSSR count). The molecule has 0 bridgehead atoms. The van der Waals surface area contributed by atoms with Crippen molar-refractivity contribution in [2.75, 3.05) is 23.8 Å². The zero-order chi connectivity index (χ0) is 22.9. The van der Waals surface area contributed by atoms with Gasteiger partial charge in [-0.3, -0.25) is 14.9 Å². The van der Waals surface area contributed by atoms with Gasteiger partial charge in [-0.15, -0.1) is 0 Å². The van der Waals surface area contributed by atoms with Gasteiger partial charge in [-0.2, -0.15) is 18.4 Å². The van der Waals surface area contributed by atoms with Crippen LogP contribution in [0.2, 0.25) is 0 Å². The summed E-state index contributed by atoms with van der Waals surface area (Å²) in [5, 5.41) is 24.8. The average Bonchev–Trinajstić information content (AvgIpc) is 2.71. The molecule has 0 aliphatic rings. The second-order valence-corrected chi connectivity index (χ2v) is 6.17. The van der Waals surface area contributed by atoms with E-state index in [1.54, 1.807) is 12.1 Å². The van der Waals surface area contributed by atoms with Crippen LogP contribution in [-0.2, 0) is 11.0 Å². The number of aromatic nitrogens is 1. The van der Waals surface area contributed by atoms with Crippen LogP contribution in [-0.4, -0.2) is 29.0 Å². The first-order chi connectivity index (χ1) is 14.7. The van der Waals surface area contributed by atoms with Gasteiger partial charge in [0, 0.05) is 31.6 Å². The molecule has 0 spiro atoms. The molecule has 0 radical (unpaired) electrons. The van der Waals surface area contributed by atoms with Crippen molar-refractivity contribution in [2.24, 2.45) is 0 Å². The summed E-state index contributed by atoms with van der Waals surface area (Å²) in [7, 11) is 0. The number of benzene rings is 1. The number of hydrogen-bond acceptors (Lipinski definition) is 7. The zero-order valence-corrected chi connectivity index (χ0v) is 16.1. The Kier molecular flexibility index (Phi) is 8.13. The number of pyridine rings is 1. The molecule has 9 nitrogen and oxygen atoms in total. The van der Waals surface area contributed by atoms with E-state index in [0.717, 1.165) is 12.1 Å². The van der Waals surface area contributed by atoms with E-state index in [-0.39, 0.29) is 31.1 Å². The van der Waals surface area contributed by atoms with Crippen molar-refractivity contribution in [3.63, 3.8) is 0 Å². The largest absolute Gasteiger partial charge is 0.490 e. The molecular weight excluding hydrogens is 419 g/mol. The summed E-state index contributed by atoms with van der Waals surface area (Å²) >= 11 is 0. The number of carbonyl (C=O) groups is 1. The van der Waals surface area contributed by atoms with E-state index in [1.807, 2.05) is 6.07 Å². The van der Waals surface area contributed by atoms with Crippen LogP contribution in [0.3, 0.4) is 0 Å². The van der Waals surface area contributed by atoms with Crippen molar-refractivity contribution in [3.8, 4) is 11.8 Å². The molecule has 164 valence electrons. The van der Waals surface area contributed by atoms with E-state index in [2.05, 4.69) is 15.6 Å². The fraction of sp³-hybridized carbons (Fsp3) is 0.316. The molecule has 1 heterocycles. The summed E-state index contributed by atoms with van der Waals surface area (Å²) in [5.41, 5.74) is -2.02. The molecular formula is C19H18F3N5O4. The Morgan fingerprint density at radius 3 is 2.77 bits per heavy atom. The van der Waals surface area contributed by atoms with Crippen LogP contribution in [0.15, 0.2) is 36.5 Å². The van der Waals surface area contributed by atoms with Gasteiger partial charge in [-0.1, -0.05) is 0 Å². The topological polar surface area (TPSA) is 130 Å². The summed E-state index contributed by atoms with van der Waals surface area (Å²) in [4.78, 5) is 26.3. The number of hydrogen-bond donors (Lipinski definition) is 2. The van der Waals surface area contributed by atoms with Gasteiger partial charge < -0.3 is 15.4 Å². The van der Waals surface area contributed by atoms with Gasteiger partial charge in [0.2, 0.25) is 5.91 Å². The first-order valence-electron chi connectivity index (χ1n) is 9.06. The molecule has 0 unspecified atom stereocenters. The van der Waals surface area contributed by atoms with Gasteiger partial charge in [0.25, 0.3) is 5.69 Å². The SMILES string of the molecule is N#CCCCOc1cccnc1NC(=O)CCNc1ccc(C(F)(F)F)cc1[N+](=O)[O-]. The van der Waals surface area contributed by atoms with E-state index >= 15 is 0 Å². The standard InChI is InChI=1S/C19H18F3N5O4/c20-19(21,22)13-5-6-14(15(12-13)27(29)30)24-10-7-17(28)26-18-16(4-3-9-25-18)31-11-2-1-8-23/h3-6,9,12,24H,1-2,7,10-11H2,(H,25,26,28). The number of nitro groups is 1. The smallest absolute Gasteiger partial charge is 0.416 e. The lowest BCUT2D eigenvalue weighted by molar-refractivity contribution is -0.384. The van der Waals surface area contributed by atoms with Crippen LogP contribution in [0.1, 0.15) is 24.8 Å². The molecule has 0 atom stereocenters. The summed E-state index contributed by atoms with van der Waals surface area (Å²) in [6.07, 6.45) is -2.57. The van der Waals surface area contributed by atoms with Crippen LogP contribution in [0.25, 0.3) is 0 Å².